The van der Waals surface area contributed by atoms with Crippen LogP contribution in [0.5, 0.6) is 0 Å². The van der Waals surface area contributed by atoms with E-state index in [0.717, 1.165) is 45.2 Å². The number of hydrogen-bond donors (Lipinski definition) is 1. The molecule has 1 fully saturated rings. The van der Waals surface area contributed by atoms with Crippen LogP contribution < -0.4 is 5.32 Å². The first-order chi connectivity index (χ1) is 11.5. The number of carbonyl (C=O) groups is 2. The molecule has 0 aromatic rings. The first-order valence-corrected chi connectivity index (χ1v) is 9.38. The van der Waals surface area contributed by atoms with Gasteiger partial charge >= 0.3 is 0 Å². The molecule has 0 radical (unpaired) electrons. The third-order valence-corrected chi connectivity index (χ3v) is 5.27. The van der Waals surface area contributed by atoms with Gasteiger partial charge in [-0.2, -0.15) is 0 Å². The molecular formula is C20H32N2O2. The van der Waals surface area contributed by atoms with Crippen molar-refractivity contribution in [2.45, 2.75) is 64.8 Å². The van der Waals surface area contributed by atoms with Crippen molar-refractivity contribution in [1.29, 1.82) is 0 Å². The number of likely N-dealkylation sites (tertiary alicyclic amines) is 1. The Hall–Kier alpha value is -1.58. The number of nitrogens with one attached hydrogen (secondary N) is 1. The maximum atomic E-state index is 12.4. The van der Waals surface area contributed by atoms with Gasteiger partial charge in [0.2, 0.25) is 11.8 Å². The van der Waals surface area contributed by atoms with Crippen LogP contribution in [-0.4, -0.2) is 35.8 Å². The fourth-order valence-corrected chi connectivity index (χ4v) is 3.65. The lowest BCUT2D eigenvalue weighted by atomic mass is 9.91. The fraction of sp³-hybridized carbons (Fsp3) is 0.700. The van der Waals surface area contributed by atoms with Gasteiger partial charge in [0.1, 0.15) is 0 Å². The van der Waals surface area contributed by atoms with Gasteiger partial charge in [-0.05, 0) is 44.4 Å². The molecule has 1 aliphatic carbocycles. The number of rotatable bonds is 7. The van der Waals surface area contributed by atoms with Crippen molar-refractivity contribution in [2.24, 2.45) is 11.8 Å². The van der Waals surface area contributed by atoms with Crippen LogP contribution >= 0.6 is 0 Å². The van der Waals surface area contributed by atoms with Crippen molar-refractivity contribution in [2.75, 3.05) is 13.1 Å². The highest BCUT2D eigenvalue weighted by molar-refractivity contribution is 5.80. The number of piperidine rings is 1. The summed E-state index contributed by atoms with van der Waals surface area (Å²) in [5.74, 6) is 0.686. The summed E-state index contributed by atoms with van der Waals surface area (Å²) >= 11 is 0. The van der Waals surface area contributed by atoms with E-state index < -0.39 is 0 Å². The normalized spacial score (nSPS) is 20.0. The first kappa shape index (κ1) is 18.8. The lowest BCUT2D eigenvalue weighted by molar-refractivity contribution is -0.132. The molecule has 0 aromatic heterocycles. The third-order valence-electron chi connectivity index (χ3n) is 5.27. The van der Waals surface area contributed by atoms with Crippen molar-refractivity contribution in [3.63, 3.8) is 0 Å². The molecule has 0 aromatic carbocycles. The van der Waals surface area contributed by atoms with Crippen LogP contribution in [0.3, 0.4) is 0 Å². The monoisotopic (exact) mass is 332 g/mol. The van der Waals surface area contributed by atoms with E-state index >= 15 is 0 Å². The van der Waals surface area contributed by atoms with Gasteiger partial charge in [-0.15, -0.1) is 6.58 Å². The van der Waals surface area contributed by atoms with Crippen LogP contribution in [0.2, 0.25) is 0 Å². The summed E-state index contributed by atoms with van der Waals surface area (Å²) in [5.41, 5.74) is 1.31. The average Bonchev–Trinajstić information content (AvgIpc) is 3.05. The van der Waals surface area contributed by atoms with E-state index in [4.69, 9.17) is 0 Å². The molecule has 4 heteroatoms. The van der Waals surface area contributed by atoms with Crippen molar-refractivity contribution in [3.05, 3.63) is 24.3 Å². The minimum absolute atomic E-state index is 0.00327. The summed E-state index contributed by atoms with van der Waals surface area (Å²) in [6.07, 6.45) is 10.5. The number of allylic oxidation sites excluding steroid dienone is 2. The smallest absolute Gasteiger partial charge is 0.226 e. The number of amides is 2. The number of nitrogens with zero attached hydrogens (tertiary/aromatic N) is 1. The van der Waals surface area contributed by atoms with E-state index in [1.54, 1.807) is 0 Å². The van der Waals surface area contributed by atoms with Gasteiger partial charge in [0.05, 0.1) is 0 Å². The van der Waals surface area contributed by atoms with Gasteiger partial charge in [0.15, 0.2) is 0 Å². The molecule has 2 amide bonds. The van der Waals surface area contributed by atoms with Gasteiger partial charge in [-0.25, -0.2) is 0 Å². The lowest BCUT2D eigenvalue weighted by Crippen LogP contribution is -2.48. The van der Waals surface area contributed by atoms with Crippen LogP contribution in [0.15, 0.2) is 24.3 Å². The van der Waals surface area contributed by atoms with Gasteiger partial charge in [-0.3, -0.25) is 9.59 Å². The zero-order valence-electron chi connectivity index (χ0n) is 15.2. The van der Waals surface area contributed by atoms with E-state index in [0.29, 0.717) is 12.3 Å². The molecule has 134 valence electrons. The Morgan fingerprint density at radius 3 is 2.62 bits per heavy atom. The van der Waals surface area contributed by atoms with E-state index in [1.165, 1.54) is 12.0 Å². The van der Waals surface area contributed by atoms with Gasteiger partial charge in [-0.1, -0.05) is 31.6 Å². The van der Waals surface area contributed by atoms with E-state index in [9.17, 15) is 9.59 Å². The van der Waals surface area contributed by atoms with Crippen molar-refractivity contribution < 1.29 is 9.59 Å². The molecule has 1 aliphatic heterocycles. The quantitative estimate of drug-likeness (QED) is 0.726. The summed E-state index contributed by atoms with van der Waals surface area (Å²) < 4.78 is 0. The molecule has 1 heterocycles. The standard InChI is InChI=1S/C20H32N2O2/c1-4-7-18(15(2)3)20(24)21-17-10-12-22(13-11-17)19(23)14-16-8-5-6-9-16/h4,8,15,17-18H,1,5-7,9-14H2,2-3H3,(H,21,24). The average molecular weight is 332 g/mol. The zero-order valence-corrected chi connectivity index (χ0v) is 15.2. The Kier molecular flexibility index (Phi) is 7.07. The number of hydrogen-bond acceptors (Lipinski definition) is 2. The molecule has 1 N–H and O–H groups in total. The third kappa shape index (κ3) is 5.22. The largest absolute Gasteiger partial charge is 0.353 e. The molecule has 1 saturated heterocycles. The van der Waals surface area contributed by atoms with Gasteiger partial charge in [0, 0.05) is 31.5 Å². The van der Waals surface area contributed by atoms with Crippen molar-refractivity contribution in [3.8, 4) is 0 Å². The molecule has 4 nitrogen and oxygen atoms in total. The highest BCUT2D eigenvalue weighted by atomic mass is 16.2. The van der Waals surface area contributed by atoms with E-state index in [1.807, 2.05) is 11.0 Å². The summed E-state index contributed by atoms with van der Waals surface area (Å²) in [5, 5.41) is 3.18. The van der Waals surface area contributed by atoms with Crippen LogP contribution in [0.4, 0.5) is 0 Å². The predicted octanol–water partition coefficient (Wildman–Crippen LogP) is 3.44. The topological polar surface area (TPSA) is 49.4 Å². The zero-order chi connectivity index (χ0) is 17.5. The van der Waals surface area contributed by atoms with Gasteiger partial charge in [0.25, 0.3) is 0 Å². The number of carbonyl (C=O) groups excluding carboxylic acids is 2. The molecule has 2 aliphatic rings. The predicted molar refractivity (Wildman–Crippen MR) is 97.4 cm³/mol. The Bertz CT molecular complexity index is 488. The van der Waals surface area contributed by atoms with Crippen molar-refractivity contribution in [1.82, 2.24) is 10.2 Å². The molecule has 2 rings (SSSR count). The first-order valence-electron chi connectivity index (χ1n) is 9.38. The highest BCUT2D eigenvalue weighted by Crippen LogP contribution is 2.23. The van der Waals surface area contributed by atoms with E-state index in [2.05, 4.69) is 31.8 Å². The highest BCUT2D eigenvalue weighted by Gasteiger charge is 2.27. The second-order valence-electron chi connectivity index (χ2n) is 7.47. The molecule has 24 heavy (non-hydrogen) atoms. The van der Waals surface area contributed by atoms with E-state index in [-0.39, 0.29) is 23.8 Å². The minimum atomic E-state index is -0.00327. The van der Waals surface area contributed by atoms with Gasteiger partial charge < -0.3 is 10.2 Å². The Morgan fingerprint density at radius 2 is 2.08 bits per heavy atom. The summed E-state index contributed by atoms with van der Waals surface area (Å²) in [4.78, 5) is 26.8. The molecule has 1 atom stereocenters. The maximum Gasteiger partial charge on any atom is 0.226 e. The summed E-state index contributed by atoms with van der Waals surface area (Å²) in [6, 6.07) is 0.193. The van der Waals surface area contributed by atoms with Crippen molar-refractivity contribution >= 4 is 11.8 Å². The molecular weight excluding hydrogens is 300 g/mol. The Labute approximate surface area is 146 Å². The second kappa shape index (κ2) is 9.05. The second-order valence-corrected chi connectivity index (χ2v) is 7.47. The van der Waals surface area contributed by atoms with Crippen LogP contribution in [-0.2, 0) is 9.59 Å². The maximum absolute atomic E-state index is 12.4. The molecule has 0 bridgehead atoms. The lowest BCUT2D eigenvalue weighted by Gasteiger charge is -2.33. The molecule has 0 saturated carbocycles. The fourth-order valence-electron chi connectivity index (χ4n) is 3.65. The van der Waals surface area contributed by atoms with Crippen LogP contribution in [0.25, 0.3) is 0 Å². The molecule has 1 unspecified atom stereocenters. The molecule has 0 spiro atoms. The van der Waals surface area contributed by atoms with Crippen LogP contribution in [0.1, 0.15) is 58.8 Å². The Morgan fingerprint density at radius 1 is 1.38 bits per heavy atom. The Balaban J connectivity index is 1.76. The van der Waals surface area contributed by atoms with Crippen LogP contribution in [0, 0.1) is 11.8 Å². The summed E-state index contributed by atoms with van der Waals surface area (Å²) in [6.45, 7) is 9.42. The summed E-state index contributed by atoms with van der Waals surface area (Å²) in [7, 11) is 0. The SMILES string of the molecule is C=CCC(C(=O)NC1CCN(C(=O)CC2=CCCC2)CC1)C(C)C. The minimum Gasteiger partial charge on any atom is -0.353 e.